The van der Waals surface area contributed by atoms with E-state index in [1.54, 1.807) is 22.3 Å². The zero-order valence-corrected chi connectivity index (χ0v) is 16.8. The summed E-state index contributed by atoms with van der Waals surface area (Å²) in [7, 11) is 0. The number of carbonyl (C=O) groups excluding carboxylic acids is 2. The Hall–Kier alpha value is -3.18. The number of para-hydroxylation sites is 1. The Morgan fingerprint density at radius 3 is 2.59 bits per heavy atom. The summed E-state index contributed by atoms with van der Waals surface area (Å²) in [5.74, 6) is -0.396. The summed E-state index contributed by atoms with van der Waals surface area (Å²) in [6.07, 6.45) is 5.13. The van der Waals surface area contributed by atoms with E-state index in [1.165, 1.54) is 11.6 Å². The van der Waals surface area contributed by atoms with Crippen LogP contribution in [0.15, 0.2) is 78.2 Å². The number of benzene rings is 2. The lowest BCUT2D eigenvalue weighted by atomic mass is 9.99. The van der Waals surface area contributed by atoms with Crippen molar-refractivity contribution in [2.45, 2.75) is 18.9 Å². The number of hydrogen-bond acceptors (Lipinski definition) is 3. The van der Waals surface area contributed by atoms with Gasteiger partial charge >= 0.3 is 0 Å². The van der Waals surface area contributed by atoms with E-state index >= 15 is 0 Å². The molecule has 0 bridgehead atoms. The van der Waals surface area contributed by atoms with E-state index < -0.39 is 6.04 Å². The van der Waals surface area contributed by atoms with Crippen LogP contribution in [-0.2, 0) is 16.0 Å². The molecule has 3 aromatic rings. The highest BCUT2D eigenvalue weighted by atomic mass is 32.1. The van der Waals surface area contributed by atoms with Gasteiger partial charge in [0.25, 0.3) is 5.91 Å². The zero-order chi connectivity index (χ0) is 20.1. The van der Waals surface area contributed by atoms with E-state index in [-0.39, 0.29) is 11.8 Å². The average molecular weight is 403 g/mol. The highest BCUT2D eigenvalue weighted by molar-refractivity contribution is 7.10. The molecule has 1 atom stereocenters. The van der Waals surface area contributed by atoms with E-state index in [0.29, 0.717) is 6.54 Å². The molecule has 0 saturated carbocycles. The lowest BCUT2D eigenvalue weighted by Gasteiger charge is -2.32. The topological polar surface area (TPSA) is 49.4 Å². The van der Waals surface area contributed by atoms with E-state index in [2.05, 4.69) is 11.4 Å². The summed E-state index contributed by atoms with van der Waals surface area (Å²) >= 11 is 1.56. The maximum Gasteiger partial charge on any atom is 0.254 e. The molecule has 2 aromatic carbocycles. The summed E-state index contributed by atoms with van der Waals surface area (Å²) in [4.78, 5) is 28.9. The number of fused-ring (bicyclic) bond motifs is 1. The van der Waals surface area contributed by atoms with Gasteiger partial charge in [-0.25, -0.2) is 0 Å². The minimum absolute atomic E-state index is 0.110. The van der Waals surface area contributed by atoms with Crippen LogP contribution in [0.25, 0.3) is 6.08 Å². The fraction of sp³-hybridized carbons (Fsp3) is 0.167. The Bertz CT molecular complexity index is 1010. The van der Waals surface area contributed by atoms with Crippen molar-refractivity contribution in [1.29, 1.82) is 0 Å². The highest BCUT2D eigenvalue weighted by Gasteiger charge is 2.30. The maximum atomic E-state index is 13.5. The fourth-order valence-electron chi connectivity index (χ4n) is 3.59. The molecule has 1 aliphatic rings. The molecule has 2 amide bonds. The molecular weight excluding hydrogens is 380 g/mol. The van der Waals surface area contributed by atoms with Crippen LogP contribution in [0.1, 0.15) is 28.5 Å². The lowest BCUT2D eigenvalue weighted by molar-refractivity contribution is -0.125. The number of anilines is 1. The largest absolute Gasteiger partial charge is 0.337 e. The molecule has 0 fully saturated rings. The number of nitrogens with zero attached hydrogens (tertiary/aromatic N) is 1. The molecule has 1 N–H and O–H groups in total. The predicted molar refractivity (Wildman–Crippen MR) is 118 cm³/mol. The second-order valence-corrected chi connectivity index (χ2v) is 7.90. The van der Waals surface area contributed by atoms with Crippen LogP contribution in [0.2, 0.25) is 0 Å². The van der Waals surface area contributed by atoms with Crippen molar-refractivity contribution < 1.29 is 9.59 Å². The van der Waals surface area contributed by atoms with E-state index in [9.17, 15) is 9.59 Å². The Balaban J connectivity index is 1.60. The standard InChI is InChI=1S/C24H22N2O2S/c27-22(15-14-20-12-7-17-29-20)25-23(19-9-2-1-3-10-19)24(28)26-16-6-11-18-8-4-5-13-21(18)26/h1-5,7-10,12-15,17,23H,6,11,16H2,(H,25,27). The van der Waals surface area contributed by atoms with Crippen LogP contribution in [0.5, 0.6) is 0 Å². The first-order valence-corrected chi connectivity index (χ1v) is 10.6. The van der Waals surface area contributed by atoms with Gasteiger partial charge in [0, 0.05) is 23.2 Å². The first-order chi connectivity index (χ1) is 14.2. The Kier molecular flexibility index (Phi) is 5.86. The van der Waals surface area contributed by atoms with Crippen LogP contribution >= 0.6 is 11.3 Å². The molecule has 146 valence electrons. The number of thiophene rings is 1. The van der Waals surface area contributed by atoms with Crippen LogP contribution in [0.3, 0.4) is 0 Å². The number of hydrogen-bond donors (Lipinski definition) is 1. The Labute approximate surface area is 174 Å². The molecule has 0 aliphatic carbocycles. The van der Waals surface area contributed by atoms with Crippen molar-refractivity contribution in [2.75, 3.05) is 11.4 Å². The van der Waals surface area contributed by atoms with Gasteiger partial charge in [-0.1, -0.05) is 54.6 Å². The van der Waals surface area contributed by atoms with Gasteiger partial charge in [-0.15, -0.1) is 11.3 Å². The van der Waals surface area contributed by atoms with Crippen molar-refractivity contribution in [3.05, 3.63) is 94.2 Å². The fourth-order valence-corrected chi connectivity index (χ4v) is 4.20. The number of nitrogens with one attached hydrogen (secondary N) is 1. The molecule has 1 aromatic heterocycles. The summed E-state index contributed by atoms with van der Waals surface area (Å²) in [5.41, 5.74) is 2.88. The normalized spacial score (nSPS) is 14.4. The molecule has 4 nitrogen and oxygen atoms in total. The molecule has 0 radical (unpaired) electrons. The van der Waals surface area contributed by atoms with Gasteiger partial charge in [-0.2, -0.15) is 0 Å². The predicted octanol–water partition coefficient (Wildman–Crippen LogP) is 4.60. The number of rotatable bonds is 5. The SMILES string of the molecule is O=C(C=Cc1cccs1)NC(C(=O)N1CCCc2ccccc21)c1ccccc1. The van der Waals surface area contributed by atoms with Gasteiger partial charge < -0.3 is 10.2 Å². The average Bonchev–Trinajstić information content (AvgIpc) is 3.29. The Morgan fingerprint density at radius 1 is 1.00 bits per heavy atom. The zero-order valence-electron chi connectivity index (χ0n) is 16.0. The summed E-state index contributed by atoms with van der Waals surface area (Å²) in [6, 6.07) is 20.6. The first-order valence-electron chi connectivity index (χ1n) is 9.69. The number of carbonyl (C=O) groups is 2. The molecule has 0 spiro atoms. The monoisotopic (exact) mass is 402 g/mol. The molecule has 1 aliphatic heterocycles. The summed E-state index contributed by atoms with van der Waals surface area (Å²) < 4.78 is 0. The lowest BCUT2D eigenvalue weighted by Crippen LogP contribution is -2.44. The van der Waals surface area contributed by atoms with Crippen molar-refractivity contribution in [3.63, 3.8) is 0 Å². The molecular formula is C24H22N2O2S. The third kappa shape index (κ3) is 4.46. The van der Waals surface area contributed by atoms with Gasteiger partial charge in [0.15, 0.2) is 0 Å². The minimum Gasteiger partial charge on any atom is -0.337 e. The number of amides is 2. The number of aryl methyl sites for hydroxylation is 1. The Morgan fingerprint density at radius 2 is 1.79 bits per heavy atom. The van der Waals surface area contributed by atoms with Gasteiger partial charge in [0.05, 0.1) is 0 Å². The van der Waals surface area contributed by atoms with Crippen molar-refractivity contribution in [1.82, 2.24) is 5.32 Å². The van der Waals surface area contributed by atoms with Crippen molar-refractivity contribution in [2.24, 2.45) is 0 Å². The molecule has 29 heavy (non-hydrogen) atoms. The van der Waals surface area contributed by atoms with Crippen molar-refractivity contribution in [3.8, 4) is 0 Å². The maximum absolute atomic E-state index is 13.5. The van der Waals surface area contributed by atoms with Crippen molar-refractivity contribution >= 4 is 34.9 Å². The van der Waals surface area contributed by atoms with Gasteiger partial charge in [-0.3, -0.25) is 9.59 Å². The third-order valence-electron chi connectivity index (χ3n) is 4.98. The third-order valence-corrected chi connectivity index (χ3v) is 5.82. The first kappa shape index (κ1) is 19.2. The highest BCUT2D eigenvalue weighted by Crippen LogP contribution is 2.29. The molecule has 2 heterocycles. The summed E-state index contributed by atoms with van der Waals surface area (Å²) in [6.45, 7) is 0.653. The second-order valence-electron chi connectivity index (χ2n) is 6.92. The van der Waals surface area contributed by atoms with Gasteiger partial charge in [0.1, 0.15) is 6.04 Å². The van der Waals surface area contributed by atoms with Crippen LogP contribution in [0.4, 0.5) is 5.69 Å². The molecule has 4 rings (SSSR count). The quantitative estimate of drug-likeness (QED) is 0.634. The molecule has 1 unspecified atom stereocenters. The summed E-state index contributed by atoms with van der Waals surface area (Å²) in [5, 5.41) is 4.87. The van der Waals surface area contributed by atoms with E-state index in [0.717, 1.165) is 29.0 Å². The van der Waals surface area contributed by atoms with Crippen LogP contribution in [0, 0.1) is 0 Å². The minimum atomic E-state index is -0.733. The van der Waals surface area contributed by atoms with Crippen LogP contribution < -0.4 is 10.2 Å². The molecule has 5 heteroatoms. The second kappa shape index (κ2) is 8.88. The van der Waals surface area contributed by atoms with Gasteiger partial charge in [0.2, 0.25) is 5.91 Å². The smallest absolute Gasteiger partial charge is 0.254 e. The molecule has 0 saturated heterocycles. The van der Waals surface area contributed by atoms with Gasteiger partial charge in [-0.05, 0) is 47.6 Å². The van der Waals surface area contributed by atoms with Crippen LogP contribution in [-0.4, -0.2) is 18.4 Å². The van der Waals surface area contributed by atoms with E-state index in [4.69, 9.17) is 0 Å². The van der Waals surface area contributed by atoms with E-state index in [1.807, 2.05) is 66.0 Å².